The SMILES string of the molecule is Cc1ccc(Cc2cccc(C3CCCN3C(=O)Cc3c[nH]c4ccccc34)n2)cc1. The maximum absolute atomic E-state index is 13.2. The monoisotopic (exact) mass is 409 g/mol. The lowest BCUT2D eigenvalue weighted by molar-refractivity contribution is -0.131. The van der Waals surface area contributed by atoms with Crippen molar-refractivity contribution in [1.82, 2.24) is 14.9 Å². The molecule has 31 heavy (non-hydrogen) atoms. The maximum atomic E-state index is 13.2. The molecule has 3 heterocycles. The van der Waals surface area contributed by atoms with E-state index in [4.69, 9.17) is 4.98 Å². The van der Waals surface area contributed by atoms with Crippen LogP contribution in [0.5, 0.6) is 0 Å². The first-order chi connectivity index (χ1) is 15.2. The van der Waals surface area contributed by atoms with E-state index in [-0.39, 0.29) is 11.9 Å². The van der Waals surface area contributed by atoms with Crippen molar-refractivity contribution in [3.05, 3.63) is 101 Å². The van der Waals surface area contributed by atoms with Gasteiger partial charge in [0, 0.05) is 35.8 Å². The van der Waals surface area contributed by atoms with Crippen LogP contribution >= 0.6 is 0 Å². The van der Waals surface area contributed by atoms with Crippen LogP contribution < -0.4 is 0 Å². The number of rotatable bonds is 5. The topological polar surface area (TPSA) is 49.0 Å². The lowest BCUT2D eigenvalue weighted by Gasteiger charge is -2.25. The van der Waals surface area contributed by atoms with E-state index in [1.54, 1.807) is 0 Å². The minimum absolute atomic E-state index is 0.0654. The van der Waals surface area contributed by atoms with Crippen LogP contribution in [-0.2, 0) is 17.6 Å². The highest BCUT2D eigenvalue weighted by Crippen LogP contribution is 2.32. The Morgan fingerprint density at radius 2 is 1.90 bits per heavy atom. The van der Waals surface area contributed by atoms with Gasteiger partial charge in [-0.3, -0.25) is 9.78 Å². The number of fused-ring (bicyclic) bond motifs is 1. The molecular weight excluding hydrogens is 382 g/mol. The summed E-state index contributed by atoms with van der Waals surface area (Å²) in [6, 6.07) is 23.1. The van der Waals surface area contributed by atoms with Crippen LogP contribution in [0, 0.1) is 6.92 Å². The maximum Gasteiger partial charge on any atom is 0.227 e. The molecule has 1 fully saturated rings. The number of hydrogen-bond acceptors (Lipinski definition) is 2. The van der Waals surface area contributed by atoms with Gasteiger partial charge >= 0.3 is 0 Å². The lowest BCUT2D eigenvalue weighted by atomic mass is 10.1. The Bertz CT molecular complexity index is 1210. The number of H-pyrrole nitrogens is 1. The Morgan fingerprint density at radius 1 is 1.06 bits per heavy atom. The van der Waals surface area contributed by atoms with Gasteiger partial charge in [0.2, 0.25) is 5.91 Å². The highest BCUT2D eigenvalue weighted by molar-refractivity contribution is 5.89. The number of nitrogens with one attached hydrogen (secondary N) is 1. The molecule has 4 nitrogen and oxygen atoms in total. The van der Waals surface area contributed by atoms with Crippen molar-refractivity contribution < 1.29 is 4.79 Å². The van der Waals surface area contributed by atoms with Crippen LogP contribution in [0.3, 0.4) is 0 Å². The quantitative estimate of drug-likeness (QED) is 0.482. The largest absolute Gasteiger partial charge is 0.361 e. The molecule has 1 unspecified atom stereocenters. The van der Waals surface area contributed by atoms with Gasteiger partial charge in [0.15, 0.2) is 0 Å². The van der Waals surface area contributed by atoms with Crippen molar-refractivity contribution >= 4 is 16.8 Å². The van der Waals surface area contributed by atoms with Gasteiger partial charge in [-0.05, 0) is 49.1 Å². The molecule has 1 aliphatic heterocycles. The van der Waals surface area contributed by atoms with Crippen molar-refractivity contribution in [2.75, 3.05) is 6.54 Å². The molecule has 1 amide bonds. The number of aromatic amines is 1. The third-order valence-electron chi connectivity index (χ3n) is 6.27. The molecule has 2 aromatic heterocycles. The lowest BCUT2D eigenvalue weighted by Crippen LogP contribution is -2.32. The first-order valence-corrected chi connectivity index (χ1v) is 11.0. The minimum atomic E-state index is 0.0654. The molecule has 4 aromatic rings. The number of aromatic nitrogens is 2. The molecule has 4 heteroatoms. The molecule has 2 aromatic carbocycles. The minimum Gasteiger partial charge on any atom is -0.361 e. The van der Waals surface area contributed by atoms with Crippen LogP contribution in [0.25, 0.3) is 10.9 Å². The number of benzene rings is 2. The number of amides is 1. The van der Waals surface area contributed by atoms with Gasteiger partial charge in [0.25, 0.3) is 0 Å². The van der Waals surface area contributed by atoms with Gasteiger partial charge in [-0.15, -0.1) is 0 Å². The molecule has 0 saturated carbocycles. The summed E-state index contributed by atoms with van der Waals surface area (Å²) in [4.78, 5) is 23.5. The van der Waals surface area contributed by atoms with Gasteiger partial charge in [-0.2, -0.15) is 0 Å². The zero-order valence-electron chi connectivity index (χ0n) is 17.8. The van der Waals surface area contributed by atoms with Gasteiger partial charge in [-0.25, -0.2) is 0 Å². The standard InChI is InChI=1S/C27H27N3O/c1-19-11-13-20(14-12-19)16-22-6-4-9-25(29-22)26-10-5-15-30(26)27(31)17-21-18-28-24-8-3-2-7-23(21)24/h2-4,6-9,11-14,18,26,28H,5,10,15-17H2,1H3. The molecule has 0 spiro atoms. The summed E-state index contributed by atoms with van der Waals surface area (Å²) < 4.78 is 0. The summed E-state index contributed by atoms with van der Waals surface area (Å²) in [6.45, 7) is 2.90. The van der Waals surface area contributed by atoms with Crippen molar-refractivity contribution in [2.24, 2.45) is 0 Å². The number of carbonyl (C=O) groups excluding carboxylic acids is 1. The van der Waals surface area contributed by atoms with Crippen LogP contribution in [0.4, 0.5) is 0 Å². The second-order valence-corrected chi connectivity index (χ2v) is 8.50. The number of hydrogen-bond donors (Lipinski definition) is 1. The predicted molar refractivity (Wildman–Crippen MR) is 124 cm³/mol. The van der Waals surface area contributed by atoms with E-state index in [0.29, 0.717) is 6.42 Å². The van der Waals surface area contributed by atoms with E-state index < -0.39 is 0 Å². The number of aryl methyl sites for hydroxylation is 1. The van der Waals surface area contributed by atoms with Crippen molar-refractivity contribution in [2.45, 2.75) is 38.6 Å². The van der Waals surface area contributed by atoms with E-state index in [1.807, 2.05) is 29.3 Å². The third-order valence-corrected chi connectivity index (χ3v) is 6.27. The average Bonchev–Trinajstić information content (AvgIpc) is 3.43. The summed E-state index contributed by atoms with van der Waals surface area (Å²) >= 11 is 0. The normalized spacial score (nSPS) is 16.2. The van der Waals surface area contributed by atoms with E-state index >= 15 is 0 Å². The van der Waals surface area contributed by atoms with Crippen LogP contribution in [0.1, 0.15) is 47.0 Å². The van der Waals surface area contributed by atoms with Gasteiger partial charge in [0.05, 0.1) is 18.2 Å². The van der Waals surface area contributed by atoms with Crippen molar-refractivity contribution in [3.63, 3.8) is 0 Å². The fourth-order valence-electron chi connectivity index (χ4n) is 4.61. The first-order valence-electron chi connectivity index (χ1n) is 11.0. The van der Waals surface area contributed by atoms with E-state index in [1.165, 1.54) is 11.1 Å². The molecule has 0 bridgehead atoms. The van der Waals surface area contributed by atoms with Crippen LogP contribution in [-0.4, -0.2) is 27.3 Å². The van der Waals surface area contributed by atoms with E-state index in [0.717, 1.165) is 53.7 Å². The summed E-state index contributed by atoms with van der Waals surface area (Å²) in [7, 11) is 0. The zero-order valence-corrected chi connectivity index (χ0v) is 17.8. The van der Waals surface area contributed by atoms with Crippen LogP contribution in [0.15, 0.2) is 72.9 Å². The number of para-hydroxylation sites is 1. The summed E-state index contributed by atoms with van der Waals surface area (Å²) in [5, 5.41) is 1.13. The number of carbonyl (C=O) groups is 1. The average molecular weight is 410 g/mol. The van der Waals surface area contributed by atoms with E-state index in [2.05, 4.69) is 60.4 Å². The molecule has 0 aliphatic carbocycles. The highest BCUT2D eigenvalue weighted by Gasteiger charge is 2.31. The molecule has 5 rings (SSSR count). The summed E-state index contributed by atoms with van der Waals surface area (Å²) in [5.74, 6) is 0.179. The predicted octanol–water partition coefficient (Wildman–Crippen LogP) is 5.37. The molecular formula is C27H27N3O. The Hall–Kier alpha value is -3.40. The van der Waals surface area contributed by atoms with Crippen molar-refractivity contribution in [3.8, 4) is 0 Å². The van der Waals surface area contributed by atoms with Gasteiger partial charge < -0.3 is 9.88 Å². The number of nitrogens with zero attached hydrogens (tertiary/aromatic N) is 2. The summed E-state index contributed by atoms with van der Waals surface area (Å²) in [6.07, 6.45) is 5.19. The molecule has 1 N–H and O–H groups in total. The fraction of sp³-hybridized carbons (Fsp3) is 0.259. The number of likely N-dealkylation sites (tertiary alicyclic amines) is 1. The Morgan fingerprint density at radius 3 is 2.77 bits per heavy atom. The second kappa shape index (κ2) is 8.38. The highest BCUT2D eigenvalue weighted by atomic mass is 16.2. The molecule has 1 aliphatic rings. The molecule has 0 radical (unpaired) electrons. The fourth-order valence-corrected chi connectivity index (χ4v) is 4.61. The summed E-state index contributed by atoms with van der Waals surface area (Å²) in [5.41, 5.74) is 6.72. The molecule has 1 atom stereocenters. The Labute approximate surface area is 182 Å². The van der Waals surface area contributed by atoms with Gasteiger partial charge in [-0.1, -0.05) is 54.1 Å². The second-order valence-electron chi connectivity index (χ2n) is 8.50. The molecule has 1 saturated heterocycles. The zero-order chi connectivity index (χ0) is 21.2. The Kier molecular flexibility index (Phi) is 5.29. The smallest absolute Gasteiger partial charge is 0.227 e. The van der Waals surface area contributed by atoms with Crippen LogP contribution in [0.2, 0.25) is 0 Å². The third kappa shape index (κ3) is 4.11. The molecule has 156 valence electrons. The van der Waals surface area contributed by atoms with E-state index in [9.17, 15) is 4.79 Å². The van der Waals surface area contributed by atoms with Gasteiger partial charge in [0.1, 0.15) is 0 Å². The number of pyridine rings is 1. The Balaban J connectivity index is 1.34. The first kappa shape index (κ1) is 19.6. The van der Waals surface area contributed by atoms with Crippen molar-refractivity contribution in [1.29, 1.82) is 0 Å².